The quantitative estimate of drug-likeness (QED) is 0.881. The zero-order valence-electron chi connectivity index (χ0n) is 12.3. The second kappa shape index (κ2) is 5.67. The summed E-state index contributed by atoms with van der Waals surface area (Å²) in [5.74, 6) is 0.179. The van der Waals surface area contributed by atoms with Gasteiger partial charge in [0.25, 0.3) is 5.91 Å². The first-order chi connectivity index (χ1) is 9.41. The molecule has 4 nitrogen and oxygen atoms in total. The Morgan fingerprint density at radius 3 is 2.80 bits per heavy atom. The molecular formula is C16H22N2O2. The highest BCUT2D eigenvalue weighted by molar-refractivity contribution is 5.96. The van der Waals surface area contributed by atoms with Gasteiger partial charge in [0, 0.05) is 11.9 Å². The molecule has 0 aliphatic rings. The van der Waals surface area contributed by atoms with Crippen LogP contribution in [-0.4, -0.2) is 19.0 Å². The fourth-order valence-electron chi connectivity index (χ4n) is 2.16. The van der Waals surface area contributed by atoms with E-state index in [0.29, 0.717) is 18.8 Å². The van der Waals surface area contributed by atoms with Crippen molar-refractivity contribution in [3.05, 3.63) is 35.6 Å². The molecule has 108 valence electrons. The number of benzene rings is 1. The van der Waals surface area contributed by atoms with Crippen molar-refractivity contribution in [1.82, 2.24) is 5.32 Å². The predicted octanol–water partition coefficient (Wildman–Crippen LogP) is 2.85. The first-order valence-electron chi connectivity index (χ1n) is 6.90. The normalized spacial score (nSPS) is 11.8. The van der Waals surface area contributed by atoms with E-state index in [4.69, 9.17) is 10.2 Å². The molecule has 4 heteroatoms. The van der Waals surface area contributed by atoms with Crippen LogP contribution in [0.1, 0.15) is 36.4 Å². The Labute approximate surface area is 119 Å². The summed E-state index contributed by atoms with van der Waals surface area (Å²) in [7, 11) is 0. The summed E-state index contributed by atoms with van der Waals surface area (Å²) in [5, 5.41) is 3.87. The third kappa shape index (κ3) is 3.39. The fraction of sp³-hybridized carbons (Fsp3) is 0.438. The number of nitrogens with one attached hydrogen (secondary N) is 1. The van der Waals surface area contributed by atoms with Gasteiger partial charge in [-0.25, -0.2) is 0 Å². The van der Waals surface area contributed by atoms with Crippen molar-refractivity contribution >= 4 is 16.9 Å². The smallest absolute Gasteiger partial charge is 0.287 e. The van der Waals surface area contributed by atoms with Gasteiger partial charge in [0.2, 0.25) is 0 Å². The van der Waals surface area contributed by atoms with Gasteiger partial charge in [-0.1, -0.05) is 25.5 Å². The number of nitrogens with two attached hydrogens (primary N) is 1. The van der Waals surface area contributed by atoms with Gasteiger partial charge in [0.1, 0.15) is 5.58 Å². The van der Waals surface area contributed by atoms with Crippen molar-refractivity contribution in [2.45, 2.75) is 27.2 Å². The number of hydrogen-bond acceptors (Lipinski definition) is 3. The lowest BCUT2D eigenvalue weighted by Crippen LogP contribution is -2.35. The molecule has 20 heavy (non-hydrogen) atoms. The second-order valence-corrected chi connectivity index (χ2v) is 6.04. The van der Waals surface area contributed by atoms with Gasteiger partial charge < -0.3 is 15.5 Å². The molecule has 1 heterocycles. The molecule has 1 aromatic carbocycles. The minimum Gasteiger partial charge on any atom is -0.451 e. The summed E-state index contributed by atoms with van der Waals surface area (Å²) in [6.45, 7) is 7.39. The first kappa shape index (κ1) is 14.6. The zero-order chi connectivity index (χ0) is 14.8. The summed E-state index contributed by atoms with van der Waals surface area (Å²) in [6.07, 6.45) is 0.868. The van der Waals surface area contributed by atoms with Crippen LogP contribution in [0, 0.1) is 12.3 Å². The molecule has 0 saturated heterocycles. The van der Waals surface area contributed by atoms with Gasteiger partial charge >= 0.3 is 0 Å². The van der Waals surface area contributed by atoms with Gasteiger partial charge in [-0.15, -0.1) is 0 Å². The van der Waals surface area contributed by atoms with Crippen LogP contribution in [0.2, 0.25) is 0 Å². The number of rotatable bonds is 5. The number of furan rings is 1. The van der Waals surface area contributed by atoms with Crippen LogP contribution in [0.3, 0.4) is 0 Å². The van der Waals surface area contributed by atoms with Crippen LogP contribution in [0.4, 0.5) is 0 Å². The number of carbonyl (C=O) groups is 1. The summed E-state index contributed by atoms with van der Waals surface area (Å²) < 4.78 is 5.57. The van der Waals surface area contributed by atoms with E-state index in [1.54, 1.807) is 6.07 Å². The maximum atomic E-state index is 12.1. The molecule has 0 bridgehead atoms. The minimum atomic E-state index is -0.177. The molecule has 0 atom stereocenters. The molecule has 0 fully saturated rings. The molecule has 0 spiro atoms. The molecule has 3 N–H and O–H groups in total. The van der Waals surface area contributed by atoms with Gasteiger partial charge in [-0.3, -0.25) is 4.79 Å². The maximum Gasteiger partial charge on any atom is 0.287 e. The van der Waals surface area contributed by atoms with Crippen molar-refractivity contribution < 1.29 is 9.21 Å². The summed E-state index contributed by atoms with van der Waals surface area (Å²) >= 11 is 0. The Kier molecular flexibility index (Phi) is 4.14. The molecule has 0 aliphatic heterocycles. The van der Waals surface area contributed by atoms with Crippen LogP contribution in [0.25, 0.3) is 11.0 Å². The third-order valence-electron chi connectivity index (χ3n) is 3.44. The van der Waals surface area contributed by atoms with Crippen LogP contribution in [0.5, 0.6) is 0 Å². The molecule has 1 aromatic heterocycles. The first-order valence-corrected chi connectivity index (χ1v) is 6.90. The lowest BCUT2D eigenvalue weighted by molar-refractivity contribution is 0.0909. The molecular weight excluding hydrogens is 252 g/mol. The Balaban J connectivity index is 2.08. The molecule has 0 aliphatic carbocycles. The van der Waals surface area contributed by atoms with Crippen LogP contribution in [0.15, 0.2) is 28.7 Å². The van der Waals surface area contributed by atoms with E-state index in [9.17, 15) is 4.79 Å². The SMILES string of the molecule is Cc1ccc2oc(C(=O)NCC(C)(C)CCN)cc2c1. The van der Waals surface area contributed by atoms with E-state index in [1.165, 1.54) is 0 Å². The van der Waals surface area contributed by atoms with Gasteiger partial charge in [-0.2, -0.15) is 0 Å². The van der Waals surface area contributed by atoms with Gasteiger partial charge in [0.05, 0.1) is 0 Å². The van der Waals surface area contributed by atoms with E-state index >= 15 is 0 Å². The highest BCUT2D eigenvalue weighted by Gasteiger charge is 2.19. The molecule has 1 amide bonds. The van der Waals surface area contributed by atoms with E-state index < -0.39 is 0 Å². The number of fused-ring (bicyclic) bond motifs is 1. The monoisotopic (exact) mass is 274 g/mol. The largest absolute Gasteiger partial charge is 0.451 e. The van der Waals surface area contributed by atoms with Crippen molar-refractivity contribution in [2.75, 3.05) is 13.1 Å². The van der Waals surface area contributed by atoms with Crippen molar-refractivity contribution in [3.63, 3.8) is 0 Å². The topological polar surface area (TPSA) is 68.3 Å². The van der Waals surface area contributed by atoms with Crippen LogP contribution < -0.4 is 11.1 Å². The van der Waals surface area contributed by atoms with E-state index in [-0.39, 0.29) is 11.3 Å². The average molecular weight is 274 g/mol. The standard InChI is InChI=1S/C16H22N2O2/c1-11-4-5-13-12(8-11)9-14(20-13)15(19)18-10-16(2,3)6-7-17/h4-5,8-9H,6-7,10,17H2,1-3H3,(H,18,19). The Morgan fingerprint density at radius 2 is 2.10 bits per heavy atom. The molecule has 2 rings (SSSR count). The predicted molar refractivity (Wildman–Crippen MR) is 80.7 cm³/mol. The van der Waals surface area contributed by atoms with Gasteiger partial charge in [0.15, 0.2) is 5.76 Å². The molecule has 0 saturated carbocycles. The number of carbonyl (C=O) groups excluding carboxylic acids is 1. The number of hydrogen-bond donors (Lipinski definition) is 2. The van der Waals surface area contributed by atoms with Crippen molar-refractivity contribution in [1.29, 1.82) is 0 Å². The van der Waals surface area contributed by atoms with Crippen LogP contribution in [-0.2, 0) is 0 Å². The highest BCUT2D eigenvalue weighted by atomic mass is 16.3. The lowest BCUT2D eigenvalue weighted by Gasteiger charge is -2.23. The summed E-state index contributed by atoms with van der Waals surface area (Å²) in [5.41, 5.74) is 7.44. The Morgan fingerprint density at radius 1 is 1.35 bits per heavy atom. The number of amides is 1. The fourth-order valence-corrected chi connectivity index (χ4v) is 2.16. The zero-order valence-corrected chi connectivity index (χ0v) is 12.3. The van der Waals surface area contributed by atoms with Crippen LogP contribution >= 0.6 is 0 Å². The van der Waals surface area contributed by atoms with E-state index in [0.717, 1.165) is 23.0 Å². The Hall–Kier alpha value is -1.81. The molecule has 2 aromatic rings. The summed E-state index contributed by atoms with van der Waals surface area (Å²) in [4.78, 5) is 12.1. The van der Waals surface area contributed by atoms with Crippen molar-refractivity contribution in [2.24, 2.45) is 11.1 Å². The lowest BCUT2D eigenvalue weighted by atomic mass is 9.89. The summed E-state index contributed by atoms with van der Waals surface area (Å²) in [6, 6.07) is 7.65. The Bertz CT molecular complexity index is 614. The van der Waals surface area contributed by atoms with E-state index in [2.05, 4.69) is 19.2 Å². The number of aryl methyl sites for hydroxylation is 1. The van der Waals surface area contributed by atoms with Gasteiger partial charge in [-0.05, 0) is 43.5 Å². The third-order valence-corrected chi connectivity index (χ3v) is 3.44. The molecule has 0 radical (unpaired) electrons. The second-order valence-electron chi connectivity index (χ2n) is 6.04. The highest BCUT2D eigenvalue weighted by Crippen LogP contribution is 2.21. The van der Waals surface area contributed by atoms with Crippen molar-refractivity contribution in [3.8, 4) is 0 Å². The average Bonchev–Trinajstić information content (AvgIpc) is 2.79. The maximum absolute atomic E-state index is 12.1. The van der Waals surface area contributed by atoms with E-state index in [1.807, 2.05) is 25.1 Å². The molecule has 0 unspecified atom stereocenters. The minimum absolute atomic E-state index is 0.00693.